The van der Waals surface area contributed by atoms with Gasteiger partial charge in [0.25, 0.3) is 5.91 Å². The first-order chi connectivity index (χ1) is 12.4. The summed E-state index contributed by atoms with van der Waals surface area (Å²) >= 11 is 5.82. The van der Waals surface area contributed by atoms with Gasteiger partial charge < -0.3 is 20.4 Å². The predicted octanol–water partition coefficient (Wildman–Crippen LogP) is 2.53. The fourth-order valence-corrected chi connectivity index (χ4v) is 3.02. The number of alkyl halides is 1. The molecule has 1 heterocycles. The fourth-order valence-electron chi connectivity index (χ4n) is 2.96. The first-order valence-electron chi connectivity index (χ1n) is 9.15. The van der Waals surface area contributed by atoms with Crippen LogP contribution in [0.4, 0.5) is 11.4 Å². The Hall–Kier alpha value is -1.79. The quantitative estimate of drug-likeness (QED) is 0.537. The van der Waals surface area contributed by atoms with E-state index in [1.807, 2.05) is 26.2 Å². The SMILES string of the molecule is C[C@H](Cl)C(=O)Nc1ccc(N2CCCC2)c(C(=O)NCCCN(C)C)c1. The zero-order valence-electron chi connectivity index (χ0n) is 15.8. The van der Waals surface area contributed by atoms with Gasteiger partial charge in [-0.3, -0.25) is 9.59 Å². The van der Waals surface area contributed by atoms with Crippen LogP contribution in [0.5, 0.6) is 0 Å². The third-order valence-corrected chi connectivity index (χ3v) is 4.58. The molecule has 1 atom stereocenters. The number of carbonyl (C=O) groups excluding carboxylic acids is 2. The van der Waals surface area contributed by atoms with Crippen LogP contribution in [0.15, 0.2) is 18.2 Å². The van der Waals surface area contributed by atoms with Crippen LogP contribution in [0.1, 0.15) is 36.5 Å². The van der Waals surface area contributed by atoms with Gasteiger partial charge in [-0.25, -0.2) is 0 Å². The summed E-state index contributed by atoms with van der Waals surface area (Å²) in [5, 5.41) is 5.12. The van der Waals surface area contributed by atoms with Crippen molar-refractivity contribution in [3.05, 3.63) is 23.8 Å². The Morgan fingerprint density at radius 1 is 1.27 bits per heavy atom. The van der Waals surface area contributed by atoms with Crippen LogP contribution in [0.2, 0.25) is 0 Å². The standard InChI is InChI=1S/C19H29ClN4O2/c1-14(20)18(25)22-15-7-8-17(24-11-4-5-12-24)16(13-15)19(26)21-9-6-10-23(2)3/h7-8,13-14H,4-6,9-12H2,1-3H3,(H,21,26)(H,22,25)/t14-/m0/s1. The van der Waals surface area contributed by atoms with Gasteiger partial charge in [-0.2, -0.15) is 0 Å². The van der Waals surface area contributed by atoms with Crippen molar-refractivity contribution in [1.82, 2.24) is 10.2 Å². The van der Waals surface area contributed by atoms with E-state index >= 15 is 0 Å². The Balaban J connectivity index is 2.15. The molecule has 0 unspecified atom stereocenters. The van der Waals surface area contributed by atoms with E-state index < -0.39 is 5.38 Å². The normalized spacial score (nSPS) is 15.2. The Morgan fingerprint density at radius 3 is 2.58 bits per heavy atom. The third-order valence-electron chi connectivity index (χ3n) is 4.38. The monoisotopic (exact) mass is 380 g/mol. The van der Waals surface area contributed by atoms with Gasteiger partial charge in [0, 0.05) is 31.0 Å². The summed E-state index contributed by atoms with van der Waals surface area (Å²) < 4.78 is 0. The molecule has 26 heavy (non-hydrogen) atoms. The molecule has 1 aliphatic rings. The van der Waals surface area contributed by atoms with Crippen LogP contribution in [0.25, 0.3) is 0 Å². The molecule has 2 amide bonds. The fraction of sp³-hybridized carbons (Fsp3) is 0.579. The second-order valence-corrected chi connectivity index (χ2v) is 7.60. The van der Waals surface area contributed by atoms with Crippen LogP contribution in [-0.2, 0) is 4.79 Å². The van der Waals surface area contributed by atoms with Gasteiger partial charge in [0.15, 0.2) is 0 Å². The zero-order chi connectivity index (χ0) is 19.1. The highest BCUT2D eigenvalue weighted by molar-refractivity contribution is 6.32. The second kappa shape index (κ2) is 9.78. The minimum absolute atomic E-state index is 0.110. The molecule has 0 spiro atoms. The van der Waals surface area contributed by atoms with E-state index in [1.165, 1.54) is 0 Å². The first kappa shape index (κ1) is 20.5. The Labute approximate surface area is 160 Å². The number of amides is 2. The van der Waals surface area contributed by atoms with E-state index in [0.717, 1.165) is 44.6 Å². The van der Waals surface area contributed by atoms with E-state index in [1.54, 1.807) is 13.0 Å². The number of halogens is 1. The predicted molar refractivity (Wildman–Crippen MR) is 107 cm³/mol. The van der Waals surface area contributed by atoms with Gasteiger partial charge in [0.2, 0.25) is 5.91 Å². The average Bonchev–Trinajstić information content (AvgIpc) is 3.12. The van der Waals surface area contributed by atoms with Gasteiger partial charge in [-0.1, -0.05) is 0 Å². The molecule has 2 N–H and O–H groups in total. The van der Waals surface area contributed by atoms with Gasteiger partial charge in [0.1, 0.15) is 5.38 Å². The van der Waals surface area contributed by atoms with Crippen LogP contribution >= 0.6 is 11.6 Å². The van der Waals surface area contributed by atoms with Crippen LogP contribution in [0.3, 0.4) is 0 Å². The van der Waals surface area contributed by atoms with Crippen LogP contribution in [-0.4, -0.2) is 62.4 Å². The minimum Gasteiger partial charge on any atom is -0.371 e. The lowest BCUT2D eigenvalue weighted by molar-refractivity contribution is -0.115. The lowest BCUT2D eigenvalue weighted by Crippen LogP contribution is -2.30. The maximum atomic E-state index is 12.7. The zero-order valence-corrected chi connectivity index (χ0v) is 16.6. The first-order valence-corrected chi connectivity index (χ1v) is 9.59. The molecule has 1 aromatic rings. The molecule has 0 radical (unpaired) electrons. The van der Waals surface area contributed by atoms with Crippen molar-refractivity contribution in [3.63, 3.8) is 0 Å². The highest BCUT2D eigenvalue weighted by Crippen LogP contribution is 2.27. The molecule has 144 valence electrons. The summed E-state index contributed by atoms with van der Waals surface area (Å²) in [6.07, 6.45) is 3.15. The van der Waals surface area contributed by atoms with Gasteiger partial charge in [-0.05, 0) is 65.0 Å². The summed E-state index contributed by atoms with van der Waals surface area (Å²) in [5.41, 5.74) is 2.10. The Kier molecular flexibility index (Phi) is 7.72. The molecular weight excluding hydrogens is 352 g/mol. The summed E-state index contributed by atoms with van der Waals surface area (Å²) in [4.78, 5) is 28.9. The lowest BCUT2D eigenvalue weighted by atomic mass is 10.1. The number of anilines is 2. The summed E-state index contributed by atoms with van der Waals surface area (Å²) in [6.45, 7) is 5.05. The number of rotatable bonds is 8. The van der Waals surface area contributed by atoms with Crippen molar-refractivity contribution in [2.75, 3.05) is 50.5 Å². The van der Waals surface area contributed by atoms with E-state index in [0.29, 0.717) is 17.8 Å². The average molecular weight is 381 g/mol. The van der Waals surface area contributed by atoms with Gasteiger partial charge in [0.05, 0.1) is 5.56 Å². The van der Waals surface area contributed by atoms with Crippen molar-refractivity contribution in [2.45, 2.75) is 31.6 Å². The molecule has 0 aliphatic carbocycles. The molecule has 6 nitrogen and oxygen atoms in total. The lowest BCUT2D eigenvalue weighted by Gasteiger charge is -2.22. The molecule has 1 aromatic carbocycles. The molecule has 1 fully saturated rings. The van der Waals surface area contributed by atoms with E-state index in [4.69, 9.17) is 11.6 Å². The molecule has 2 rings (SSSR count). The van der Waals surface area contributed by atoms with Gasteiger partial charge >= 0.3 is 0 Å². The summed E-state index contributed by atoms with van der Waals surface area (Å²) in [7, 11) is 4.02. The third kappa shape index (κ3) is 5.88. The number of hydrogen-bond donors (Lipinski definition) is 2. The second-order valence-electron chi connectivity index (χ2n) is 6.94. The molecular formula is C19H29ClN4O2. The van der Waals surface area contributed by atoms with Crippen molar-refractivity contribution in [1.29, 1.82) is 0 Å². The van der Waals surface area contributed by atoms with E-state index in [9.17, 15) is 9.59 Å². The molecule has 0 saturated carbocycles. The van der Waals surface area contributed by atoms with Crippen LogP contribution in [0, 0.1) is 0 Å². The van der Waals surface area contributed by atoms with Crippen molar-refractivity contribution in [3.8, 4) is 0 Å². The van der Waals surface area contributed by atoms with E-state index in [2.05, 4.69) is 20.4 Å². The molecule has 0 aromatic heterocycles. The Bertz CT molecular complexity index is 628. The number of carbonyl (C=O) groups is 2. The number of nitrogens with zero attached hydrogens (tertiary/aromatic N) is 2. The highest BCUT2D eigenvalue weighted by atomic mass is 35.5. The maximum Gasteiger partial charge on any atom is 0.253 e. The number of hydrogen-bond acceptors (Lipinski definition) is 4. The van der Waals surface area contributed by atoms with Crippen molar-refractivity contribution >= 4 is 34.8 Å². The molecule has 0 bridgehead atoms. The smallest absolute Gasteiger partial charge is 0.253 e. The number of benzene rings is 1. The van der Waals surface area contributed by atoms with Crippen LogP contribution < -0.4 is 15.5 Å². The highest BCUT2D eigenvalue weighted by Gasteiger charge is 2.20. The maximum absolute atomic E-state index is 12.7. The Morgan fingerprint density at radius 2 is 1.96 bits per heavy atom. The topological polar surface area (TPSA) is 64.7 Å². The molecule has 1 aliphatic heterocycles. The largest absolute Gasteiger partial charge is 0.371 e. The molecule has 1 saturated heterocycles. The minimum atomic E-state index is -0.628. The number of nitrogens with one attached hydrogen (secondary N) is 2. The van der Waals surface area contributed by atoms with Crippen molar-refractivity contribution in [2.24, 2.45) is 0 Å². The summed E-state index contributed by atoms with van der Waals surface area (Å²) in [6, 6.07) is 5.48. The molecule has 7 heteroatoms. The van der Waals surface area contributed by atoms with Crippen molar-refractivity contribution < 1.29 is 9.59 Å². The van der Waals surface area contributed by atoms with E-state index in [-0.39, 0.29) is 11.8 Å². The van der Waals surface area contributed by atoms with Gasteiger partial charge in [-0.15, -0.1) is 11.6 Å². The summed E-state index contributed by atoms with van der Waals surface area (Å²) in [5.74, 6) is -0.390.